The summed E-state index contributed by atoms with van der Waals surface area (Å²) in [4.78, 5) is 8.49. The van der Waals surface area contributed by atoms with E-state index in [9.17, 15) is 0 Å². The van der Waals surface area contributed by atoms with Crippen molar-refractivity contribution in [3.63, 3.8) is 0 Å². The molecule has 1 heterocycles. The molecule has 0 unspecified atom stereocenters. The van der Waals surface area contributed by atoms with E-state index in [0.717, 1.165) is 26.8 Å². The molecule has 1 N–H and O–H groups in total. The molecular weight excluding hydrogens is 338 g/mol. The number of para-hydroxylation sites is 1. The predicted molar refractivity (Wildman–Crippen MR) is 86.0 cm³/mol. The van der Waals surface area contributed by atoms with Crippen LogP contribution in [0.3, 0.4) is 0 Å². The van der Waals surface area contributed by atoms with Crippen molar-refractivity contribution < 1.29 is 0 Å². The third-order valence-corrected chi connectivity index (χ3v) is 3.92. The van der Waals surface area contributed by atoms with Crippen LogP contribution in [0.1, 0.15) is 5.56 Å². The van der Waals surface area contributed by atoms with Gasteiger partial charge in [-0.2, -0.15) is 0 Å². The summed E-state index contributed by atoms with van der Waals surface area (Å²) >= 11 is 9.50. The third-order valence-electron chi connectivity index (χ3n) is 2.98. The molecule has 100 valence electrons. The summed E-state index contributed by atoms with van der Waals surface area (Å²) in [5.41, 5.74) is 1.99. The summed E-state index contributed by atoms with van der Waals surface area (Å²) in [5, 5.41) is 4.53. The normalized spacial score (nSPS) is 10.7. The lowest BCUT2D eigenvalue weighted by molar-refractivity contribution is 1.10. The van der Waals surface area contributed by atoms with Crippen molar-refractivity contribution >= 4 is 44.3 Å². The quantitative estimate of drug-likeness (QED) is 0.700. The maximum Gasteiger partial charge on any atom is 0.224 e. The van der Waals surface area contributed by atoms with Gasteiger partial charge in [0.1, 0.15) is 5.82 Å². The standard InChI is InChI=1S/C15H11BrClN3/c16-12-7-3-1-5-10(12)9-18-14-11-6-2-4-8-13(11)19-15(17)20-14/h1-8H,9H2,(H,18,19,20). The van der Waals surface area contributed by atoms with Gasteiger partial charge in [0.15, 0.2) is 0 Å². The molecule has 0 atom stereocenters. The van der Waals surface area contributed by atoms with Gasteiger partial charge in [-0.05, 0) is 35.4 Å². The molecule has 3 rings (SSSR count). The van der Waals surface area contributed by atoms with Crippen molar-refractivity contribution in [2.75, 3.05) is 5.32 Å². The highest BCUT2D eigenvalue weighted by Crippen LogP contribution is 2.23. The Bertz CT molecular complexity index is 761. The first-order valence-corrected chi connectivity index (χ1v) is 7.31. The van der Waals surface area contributed by atoms with Crippen LogP contribution >= 0.6 is 27.5 Å². The maximum atomic E-state index is 5.97. The maximum absolute atomic E-state index is 5.97. The van der Waals surface area contributed by atoms with Crippen molar-refractivity contribution in [3.05, 3.63) is 63.9 Å². The van der Waals surface area contributed by atoms with Crippen molar-refractivity contribution in [3.8, 4) is 0 Å². The molecule has 20 heavy (non-hydrogen) atoms. The number of anilines is 1. The minimum atomic E-state index is 0.248. The number of aromatic nitrogens is 2. The number of nitrogens with one attached hydrogen (secondary N) is 1. The van der Waals surface area contributed by atoms with E-state index < -0.39 is 0 Å². The number of nitrogens with zero attached hydrogens (tertiary/aromatic N) is 2. The molecule has 0 saturated heterocycles. The lowest BCUT2D eigenvalue weighted by Gasteiger charge is -2.10. The predicted octanol–water partition coefficient (Wildman–Crippen LogP) is 4.66. The van der Waals surface area contributed by atoms with E-state index in [1.54, 1.807) is 0 Å². The van der Waals surface area contributed by atoms with Gasteiger partial charge in [-0.15, -0.1) is 0 Å². The van der Waals surface area contributed by atoms with Gasteiger partial charge in [0.05, 0.1) is 5.52 Å². The fraction of sp³-hybridized carbons (Fsp3) is 0.0667. The first-order valence-electron chi connectivity index (χ1n) is 6.13. The molecule has 0 aliphatic heterocycles. The molecule has 0 aliphatic rings. The summed E-state index contributed by atoms with van der Waals surface area (Å²) < 4.78 is 1.07. The average Bonchev–Trinajstić information content (AvgIpc) is 2.46. The lowest BCUT2D eigenvalue weighted by atomic mass is 10.2. The Kier molecular flexibility index (Phi) is 3.85. The summed E-state index contributed by atoms with van der Waals surface area (Å²) in [7, 11) is 0. The Morgan fingerprint density at radius 1 is 1.00 bits per heavy atom. The van der Waals surface area contributed by atoms with E-state index in [4.69, 9.17) is 11.6 Å². The number of fused-ring (bicyclic) bond motifs is 1. The summed E-state index contributed by atoms with van der Waals surface area (Å²) in [6, 6.07) is 15.9. The zero-order valence-electron chi connectivity index (χ0n) is 10.5. The molecule has 0 fully saturated rings. The van der Waals surface area contributed by atoms with Crippen LogP contribution in [0.15, 0.2) is 53.0 Å². The van der Waals surface area contributed by atoms with Crippen LogP contribution in [0, 0.1) is 0 Å². The molecule has 0 spiro atoms. The molecule has 2 aromatic carbocycles. The van der Waals surface area contributed by atoms with Crippen LogP contribution in [-0.4, -0.2) is 9.97 Å². The Balaban J connectivity index is 1.93. The monoisotopic (exact) mass is 347 g/mol. The van der Waals surface area contributed by atoms with Gasteiger partial charge in [0.25, 0.3) is 0 Å². The zero-order valence-corrected chi connectivity index (χ0v) is 12.8. The van der Waals surface area contributed by atoms with Crippen LogP contribution in [0.2, 0.25) is 5.28 Å². The van der Waals surface area contributed by atoms with Crippen LogP contribution in [0.25, 0.3) is 10.9 Å². The topological polar surface area (TPSA) is 37.8 Å². The third kappa shape index (κ3) is 2.76. The molecule has 3 aromatic rings. The minimum Gasteiger partial charge on any atom is -0.365 e. The van der Waals surface area contributed by atoms with Crippen molar-refractivity contribution in [1.29, 1.82) is 0 Å². The van der Waals surface area contributed by atoms with Crippen molar-refractivity contribution in [2.24, 2.45) is 0 Å². The highest BCUT2D eigenvalue weighted by molar-refractivity contribution is 9.10. The second kappa shape index (κ2) is 5.77. The van der Waals surface area contributed by atoms with E-state index in [1.807, 2.05) is 42.5 Å². The van der Waals surface area contributed by atoms with E-state index >= 15 is 0 Å². The second-order valence-corrected chi connectivity index (χ2v) is 5.50. The zero-order chi connectivity index (χ0) is 13.9. The smallest absolute Gasteiger partial charge is 0.224 e. The van der Waals surface area contributed by atoms with Crippen molar-refractivity contribution in [2.45, 2.75) is 6.54 Å². The van der Waals surface area contributed by atoms with Gasteiger partial charge >= 0.3 is 0 Å². The Morgan fingerprint density at radius 3 is 2.60 bits per heavy atom. The summed E-state index contributed by atoms with van der Waals surface area (Å²) in [6.45, 7) is 0.665. The fourth-order valence-corrected chi connectivity index (χ4v) is 2.60. The second-order valence-electron chi connectivity index (χ2n) is 4.30. The number of halogens is 2. The molecule has 0 bridgehead atoms. The number of hydrogen-bond donors (Lipinski definition) is 1. The van der Waals surface area contributed by atoms with Gasteiger partial charge in [-0.1, -0.05) is 46.3 Å². The lowest BCUT2D eigenvalue weighted by Crippen LogP contribution is -2.03. The van der Waals surface area contributed by atoms with E-state index in [-0.39, 0.29) is 5.28 Å². The molecule has 0 saturated carbocycles. The van der Waals surface area contributed by atoms with Gasteiger partial charge in [0.2, 0.25) is 5.28 Å². The highest BCUT2D eigenvalue weighted by atomic mass is 79.9. The number of rotatable bonds is 3. The van der Waals surface area contributed by atoms with Gasteiger partial charge in [-0.25, -0.2) is 9.97 Å². The highest BCUT2D eigenvalue weighted by Gasteiger charge is 2.06. The molecule has 5 heteroatoms. The first-order chi connectivity index (χ1) is 9.74. The number of benzene rings is 2. The minimum absolute atomic E-state index is 0.248. The SMILES string of the molecule is Clc1nc(NCc2ccccc2Br)c2ccccc2n1. The molecule has 0 radical (unpaired) electrons. The molecule has 0 aliphatic carbocycles. The summed E-state index contributed by atoms with van der Waals surface area (Å²) in [6.07, 6.45) is 0. The van der Waals surface area contributed by atoms with Crippen LogP contribution < -0.4 is 5.32 Å². The largest absolute Gasteiger partial charge is 0.365 e. The van der Waals surface area contributed by atoms with Gasteiger partial charge < -0.3 is 5.32 Å². The Morgan fingerprint density at radius 2 is 1.75 bits per heavy atom. The first kappa shape index (κ1) is 13.3. The van der Waals surface area contributed by atoms with E-state index in [2.05, 4.69) is 37.3 Å². The van der Waals surface area contributed by atoms with Gasteiger partial charge in [-0.3, -0.25) is 0 Å². The van der Waals surface area contributed by atoms with Crippen LogP contribution in [0.4, 0.5) is 5.82 Å². The van der Waals surface area contributed by atoms with Gasteiger partial charge in [0, 0.05) is 16.4 Å². The molecule has 1 aromatic heterocycles. The van der Waals surface area contributed by atoms with Crippen molar-refractivity contribution in [1.82, 2.24) is 9.97 Å². The molecular formula is C15H11BrClN3. The number of hydrogen-bond acceptors (Lipinski definition) is 3. The van der Waals surface area contributed by atoms with Crippen LogP contribution in [-0.2, 0) is 6.54 Å². The molecule has 0 amide bonds. The average molecular weight is 349 g/mol. The molecule has 3 nitrogen and oxygen atoms in total. The van der Waals surface area contributed by atoms with E-state index in [1.165, 1.54) is 0 Å². The Hall–Kier alpha value is -1.65. The van der Waals surface area contributed by atoms with E-state index in [0.29, 0.717) is 6.54 Å². The Labute approximate surface area is 130 Å². The fourth-order valence-electron chi connectivity index (χ4n) is 2.00. The summed E-state index contributed by atoms with van der Waals surface area (Å²) in [5.74, 6) is 0.747. The van der Waals surface area contributed by atoms with Crippen LogP contribution in [0.5, 0.6) is 0 Å².